The third-order valence-electron chi connectivity index (χ3n) is 4.87. The molecular weight excluding hydrogens is 381 g/mol. The molecule has 1 amide bonds. The minimum atomic E-state index is -3.70. The van der Waals surface area contributed by atoms with Crippen LogP contribution in [0.15, 0.2) is 12.2 Å². The van der Waals surface area contributed by atoms with Gasteiger partial charge in [0.05, 0.1) is 25.4 Å². The molecule has 164 valence electrons. The minimum Gasteiger partial charge on any atom is -0.390 e. The van der Waals surface area contributed by atoms with E-state index in [9.17, 15) is 14.5 Å². The Morgan fingerprint density at radius 1 is 1.18 bits per heavy atom. The van der Waals surface area contributed by atoms with Gasteiger partial charge in [-0.25, -0.2) is 4.57 Å². The van der Waals surface area contributed by atoms with Crippen molar-refractivity contribution in [1.82, 2.24) is 4.90 Å². The molecule has 28 heavy (non-hydrogen) atoms. The lowest BCUT2D eigenvalue weighted by atomic mass is 9.85. The first kappa shape index (κ1) is 25.3. The average Bonchev–Trinajstić information content (AvgIpc) is 2.63. The van der Waals surface area contributed by atoms with Gasteiger partial charge in [-0.15, -0.1) is 0 Å². The molecule has 1 saturated carbocycles. The number of carbonyl (C=O) groups excluding carboxylic acids is 1. The van der Waals surface area contributed by atoms with Crippen molar-refractivity contribution in [3.63, 3.8) is 0 Å². The summed E-state index contributed by atoms with van der Waals surface area (Å²) in [6.45, 7) is 10.6. The van der Waals surface area contributed by atoms with Crippen LogP contribution in [-0.2, 0) is 22.9 Å². The number of phosphoric acid groups is 1. The lowest BCUT2D eigenvalue weighted by Crippen LogP contribution is -2.40. The van der Waals surface area contributed by atoms with E-state index in [4.69, 9.17) is 13.6 Å². The Balaban J connectivity index is 2.61. The summed E-state index contributed by atoms with van der Waals surface area (Å²) in [7, 11) is -1.96. The molecule has 1 aliphatic rings. The molecule has 1 rings (SSSR count). The van der Waals surface area contributed by atoms with Gasteiger partial charge < -0.3 is 10.0 Å². The highest BCUT2D eigenvalue weighted by molar-refractivity contribution is 7.48. The van der Waals surface area contributed by atoms with Crippen LogP contribution in [-0.4, -0.2) is 54.9 Å². The van der Waals surface area contributed by atoms with Crippen LogP contribution in [0, 0.1) is 5.92 Å². The highest BCUT2D eigenvalue weighted by atomic mass is 31.2. The highest BCUT2D eigenvalue weighted by Gasteiger charge is 2.38. The Kier molecular flexibility index (Phi) is 11.5. The van der Waals surface area contributed by atoms with E-state index in [1.54, 1.807) is 18.9 Å². The van der Waals surface area contributed by atoms with Gasteiger partial charge in [-0.1, -0.05) is 33.3 Å². The van der Waals surface area contributed by atoms with Crippen molar-refractivity contribution in [3.8, 4) is 0 Å². The molecule has 1 fully saturated rings. The Bertz CT molecular complexity index is 527. The maximum Gasteiger partial charge on any atom is 0.475 e. The van der Waals surface area contributed by atoms with E-state index in [2.05, 4.69) is 6.58 Å². The van der Waals surface area contributed by atoms with E-state index in [0.717, 1.165) is 32.1 Å². The van der Waals surface area contributed by atoms with Crippen LogP contribution in [0.4, 0.5) is 0 Å². The average molecular weight is 419 g/mol. The summed E-state index contributed by atoms with van der Waals surface area (Å²) in [5, 5.41) is 10.5. The fraction of sp³-hybridized carbons (Fsp3) is 0.850. The third kappa shape index (κ3) is 8.75. The molecule has 3 atom stereocenters. The summed E-state index contributed by atoms with van der Waals surface area (Å²) in [4.78, 5) is 13.6. The van der Waals surface area contributed by atoms with Crippen molar-refractivity contribution in [2.45, 2.75) is 77.9 Å². The quantitative estimate of drug-likeness (QED) is 0.272. The monoisotopic (exact) mass is 419 g/mol. The molecule has 3 unspecified atom stereocenters. The van der Waals surface area contributed by atoms with E-state index < -0.39 is 20.0 Å². The van der Waals surface area contributed by atoms with Gasteiger partial charge in [-0.05, 0) is 44.9 Å². The van der Waals surface area contributed by atoms with Gasteiger partial charge in [0.2, 0.25) is 5.91 Å². The van der Waals surface area contributed by atoms with Crippen molar-refractivity contribution < 1.29 is 28.0 Å². The number of hydrogen-bond acceptors (Lipinski definition) is 6. The topological polar surface area (TPSA) is 85.3 Å². The summed E-state index contributed by atoms with van der Waals surface area (Å²) >= 11 is 0. The fourth-order valence-corrected chi connectivity index (χ4v) is 4.67. The van der Waals surface area contributed by atoms with Crippen LogP contribution >= 0.6 is 7.82 Å². The van der Waals surface area contributed by atoms with Gasteiger partial charge in [0, 0.05) is 19.2 Å². The van der Waals surface area contributed by atoms with E-state index in [-0.39, 0.29) is 11.8 Å². The zero-order valence-electron chi connectivity index (χ0n) is 17.9. The SMILES string of the molecule is C=C(C)C(=O)N(C)CC1CCC(OP(=O)(OCCCC)OCCCC)C(O)C1. The van der Waals surface area contributed by atoms with Crippen molar-refractivity contribution >= 4 is 13.7 Å². The van der Waals surface area contributed by atoms with Crippen LogP contribution in [0.3, 0.4) is 0 Å². The second kappa shape index (κ2) is 12.8. The molecule has 0 aromatic carbocycles. The first-order chi connectivity index (χ1) is 13.2. The number of hydrogen-bond donors (Lipinski definition) is 1. The van der Waals surface area contributed by atoms with Gasteiger partial charge >= 0.3 is 7.82 Å². The van der Waals surface area contributed by atoms with Crippen molar-refractivity contribution in [2.24, 2.45) is 5.92 Å². The second-order valence-corrected chi connectivity index (χ2v) is 9.30. The number of nitrogens with zero attached hydrogens (tertiary/aromatic N) is 1. The molecule has 0 radical (unpaired) electrons. The van der Waals surface area contributed by atoms with Gasteiger partial charge in [-0.3, -0.25) is 18.4 Å². The Morgan fingerprint density at radius 2 is 1.75 bits per heavy atom. The van der Waals surface area contributed by atoms with Crippen LogP contribution in [0.25, 0.3) is 0 Å². The molecule has 1 N–H and O–H groups in total. The number of aliphatic hydroxyl groups excluding tert-OH is 1. The normalized spacial score (nSPS) is 22.8. The number of rotatable bonds is 13. The zero-order chi connectivity index (χ0) is 21.2. The van der Waals surface area contributed by atoms with Crippen LogP contribution in [0.5, 0.6) is 0 Å². The minimum absolute atomic E-state index is 0.0917. The lowest BCUT2D eigenvalue weighted by Gasteiger charge is -2.35. The summed E-state index contributed by atoms with van der Waals surface area (Å²) in [6, 6.07) is 0. The van der Waals surface area contributed by atoms with Crippen molar-refractivity contribution in [3.05, 3.63) is 12.2 Å². The number of phosphoric ester groups is 1. The Labute approximate surface area is 170 Å². The van der Waals surface area contributed by atoms with Gasteiger partial charge in [0.1, 0.15) is 0 Å². The van der Waals surface area contributed by atoms with Crippen LogP contribution in [0.2, 0.25) is 0 Å². The molecular formula is C20H38NO6P. The second-order valence-electron chi connectivity index (χ2n) is 7.68. The molecule has 1 aliphatic carbocycles. The predicted octanol–water partition coefficient (Wildman–Crippen LogP) is 4.31. The molecule has 0 spiro atoms. The summed E-state index contributed by atoms with van der Waals surface area (Å²) < 4.78 is 29.6. The highest BCUT2D eigenvalue weighted by Crippen LogP contribution is 2.52. The van der Waals surface area contributed by atoms with Crippen LogP contribution in [0.1, 0.15) is 65.7 Å². The summed E-state index contributed by atoms with van der Waals surface area (Å²) in [5.74, 6) is 0.0653. The summed E-state index contributed by atoms with van der Waals surface area (Å²) in [6.07, 6.45) is 3.78. The van der Waals surface area contributed by atoms with E-state index in [0.29, 0.717) is 38.2 Å². The lowest BCUT2D eigenvalue weighted by molar-refractivity contribution is -0.127. The Morgan fingerprint density at radius 3 is 2.21 bits per heavy atom. The molecule has 0 aliphatic heterocycles. The van der Waals surface area contributed by atoms with Crippen LogP contribution < -0.4 is 0 Å². The molecule has 0 heterocycles. The molecule has 0 aromatic rings. The zero-order valence-corrected chi connectivity index (χ0v) is 18.8. The largest absolute Gasteiger partial charge is 0.475 e. The molecule has 0 saturated heterocycles. The standard InChI is InChI=1S/C20H38NO6P/c1-6-8-12-25-28(24,26-13-9-7-2)27-19-11-10-17(14-18(19)22)15-21(5)20(23)16(3)4/h17-19,22H,3,6-15H2,1-2,4-5H3. The van der Waals surface area contributed by atoms with E-state index in [1.807, 2.05) is 13.8 Å². The number of carbonyl (C=O) groups is 1. The predicted molar refractivity (Wildman–Crippen MR) is 110 cm³/mol. The number of amides is 1. The van der Waals surface area contributed by atoms with E-state index >= 15 is 0 Å². The number of likely N-dealkylation sites (N-methyl/N-ethyl adjacent to an activating group) is 1. The molecule has 8 heteroatoms. The van der Waals surface area contributed by atoms with Gasteiger partial charge in [0.15, 0.2) is 0 Å². The molecule has 7 nitrogen and oxygen atoms in total. The van der Waals surface area contributed by atoms with Crippen molar-refractivity contribution in [1.29, 1.82) is 0 Å². The number of unbranched alkanes of at least 4 members (excludes halogenated alkanes) is 2. The number of aliphatic hydroxyl groups is 1. The van der Waals surface area contributed by atoms with Gasteiger partial charge in [0.25, 0.3) is 0 Å². The first-order valence-electron chi connectivity index (χ1n) is 10.4. The Hall–Kier alpha value is -0.720. The first-order valence-corrected chi connectivity index (χ1v) is 11.8. The maximum absolute atomic E-state index is 13.0. The van der Waals surface area contributed by atoms with Gasteiger partial charge in [-0.2, -0.15) is 0 Å². The van der Waals surface area contributed by atoms with Crippen molar-refractivity contribution in [2.75, 3.05) is 26.8 Å². The third-order valence-corrected chi connectivity index (χ3v) is 6.39. The fourth-order valence-electron chi connectivity index (χ4n) is 3.19. The molecule has 0 aromatic heterocycles. The molecule has 0 bridgehead atoms. The van der Waals surface area contributed by atoms with E-state index in [1.165, 1.54) is 0 Å². The maximum atomic E-state index is 13.0. The summed E-state index contributed by atoms with van der Waals surface area (Å²) in [5.41, 5.74) is 0.495. The smallest absolute Gasteiger partial charge is 0.390 e.